The molecule has 6 heteroatoms. The number of pyridine rings is 1. The van der Waals surface area contributed by atoms with Crippen LogP contribution in [0.4, 0.5) is 0 Å². The number of nitrogens with zero attached hydrogens (tertiary/aromatic N) is 3. The van der Waals surface area contributed by atoms with Gasteiger partial charge in [-0.25, -0.2) is 0 Å². The number of amides is 1. The van der Waals surface area contributed by atoms with Gasteiger partial charge in [0.25, 0.3) is 0 Å². The molecular weight excluding hydrogens is 326 g/mol. The molecule has 0 aliphatic carbocycles. The Hall–Kier alpha value is -2.11. The molecule has 0 unspecified atom stereocenters. The summed E-state index contributed by atoms with van der Waals surface area (Å²) < 4.78 is 0. The Balaban J connectivity index is 1.52. The van der Waals surface area contributed by atoms with Crippen molar-refractivity contribution < 1.29 is 9.90 Å². The van der Waals surface area contributed by atoms with Gasteiger partial charge >= 0.3 is 0 Å². The smallest absolute Gasteiger partial charge is 0.227 e. The van der Waals surface area contributed by atoms with Crippen molar-refractivity contribution in [3.8, 4) is 5.75 Å². The Labute approximate surface area is 146 Å². The number of piperazine rings is 1. The third-order valence-corrected chi connectivity index (χ3v) is 4.47. The zero-order valence-corrected chi connectivity index (χ0v) is 14.1. The standard InChI is InChI=1S/C18H20ClN3O2/c19-16-3-4-17(23)15(11-16)13-21-6-8-22(9-7-21)18(24)10-14-2-1-5-20-12-14/h1-5,11-12,23H,6-10,13H2. The van der Waals surface area contributed by atoms with Crippen molar-refractivity contribution in [2.24, 2.45) is 0 Å². The highest BCUT2D eigenvalue weighted by Gasteiger charge is 2.21. The Bertz CT molecular complexity index is 701. The van der Waals surface area contributed by atoms with Gasteiger partial charge < -0.3 is 10.0 Å². The summed E-state index contributed by atoms with van der Waals surface area (Å²) in [5.41, 5.74) is 1.76. The van der Waals surface area contributed by atoms with Gasteiger partial charge in [-0.3, -0.25) is 14.7 Å². The van der Waals surface area contributed by atoms with Crippen LogP contribution in [0.2, 0.25) is 5.02 Å². The molecule has 126 valence electrons. The Morgan fingerprint density at radius 1 is 1.21 bits per heavy atom. The van der Waals surface area contributed by atoms with Crippen LogP contribution >= 0.6 is 11.6 Å². The van der Waals surface area contributed by atoms with Crippen molar-refractivity contribution in [1.82, 2.24) is 14.8 Å². The average molecular weight is 346 g/mol. The van der Waals surface area contributed by atoms with E-state index in [0.717, 1.165) is 24.2 Å². The second kappa shape index (κ2) is 7.64. The number of phenolic OH excluding ortho intramolecular Hbond substituents is 1. The summed E-state index contributed by atoms with van der Waals surface area (Å²) in [5.74, 6) is 0.391. The van der Waals surface area contributed by atoms with Crippen LogP contribution in [0.3, 0.4) is 0 Å². The van der Waals surface area contributed by atoms with Crippen LogP contribution in [0.1, 0.15) is 11.1 Å². The minimum Gasteiger partial charge on any atom is -0.508 e. The van der Waals surface area contributed by atoms with E-state index in [2.05, 4.69) is 9.88 Å². The number of rotatable bonds is 4. The quantitative estimate of drug-likeness (QED) is 0.924. The molecular formula is C18H20ClN3O2. The first-order chi connectivity index (χ1) is 11.6. The van der Waals surface area contributed by atoms with Crippen LogP contribution in [0, 0.1) is 0 Å². The second-order valence-electron chi connectivity index (χ2n) is 5.97. The van der Waals surface area contributed by atoms with Gasteiger partial charge in [0.1, 0.15) is 5.75 Å². The number of hydrogen-bond donors (Lipinski definition) is 1. The van der Waals surface area contributed by atoms with E-state index >= 15 is 0 Å². The number of aromatic nitrogens is 1. The molecule has 0 radical (unpaired) electrons. The van der Waals surface area contributed by atoms with E-state index in [1.807, 2.05) is 17.0 Å². The van der Waals surface area contributed by atoms with E-state index < -0.39 is 0 Å². The maximum Gasteiger partial charge on any atom is 0.227 e. The average Bonchev–Trinajstić information content (AvgIpc) is 2.60. The van der Waals surface area contributed by atoms with Crippen LogP contribution in [0.5, 0.6) is 5.75 Å². The molecule has 1 fully saturated rings. The fourth-order valence-corrected chi connectivity index (χ4v) is 3.06. The van der Waals surface area contributed by atoms with E-state index in [1.165, 1.54) is 0 Å². The summed E-state index contributed by atoms with van der Waals surface area (Å²) >= 11 is 5.99. The topological polar surface area (TPSA) is 56.7 Å². The molecule has 1 aliphatic heterocycles. The van der Waals surface area contributed by atoms with Crippen LogP contribution in [-0.4, -0.2) is 52.0 Å². The van der Waals surface area contributed by atoms with Crippen LogP contribution < -0.4 is 0 Å². The Kier molecular flexibility index (Phi) is 5.33. The highest BCUT2D eigenvalue weighted by atomic mass is 35.5. The molecule has 0 atom stereocenters. The van der Waals surface area contributed by atoms with Gasteiger partial charge in [-0.1, -0.05) is 17.7 Å². The fraction of sp³-hybridized carbons (Fsp3) is 0.333. The summed E-state index contributed by atoms with van der Waals surface area (Å²) in [5, 5.41) is 10.5. The second-order valence-corrected chi connectivity index (χ2v) is 6.40. The fourth-order valence-electron chi connectivity index (χ4n) is 2.87. The molecule has 2 aromatic rings. The zero-order chi connectivity index (χ0) is 16.9. The number of halogens is 1. The minimum atomic E-state index is 0.133. The van der Waals surface area contributed by atoms with Crippen molar-refractivity contribution in [2.45, 2.75) is 13.0 Å². The van der Waals surface area contributed by atoms with E-state index in [0.29, 0.717) is 31.1 Å². The number of hydrogen-bond acceptors (Lipinski definition) is 4. The van der Waals surface area contributed by atoms with Crippen molar-refractivity contribution in [2.75, 3.05) is 26.2 Å². The SMILES string of the molecule is O=C(Cc1cccnc1)N1CCN(Cc2cc(Cl)ccc2O)CC1. The highest BCUT2D eigenvalue weighted by molar-refractivity contribution is 6.30. The van der Waals surface area contributed by atoms with Crippen molar-refractivity contribution >= 4 is 17.5 Å². The predicted octanol–water partition coefficient (Wildman–Crippen LogP) is 2.33. The predicted molar refractivity (Wildman–Crippen MR) is 92.9 cm³/mol. The zero-order valence-electron chi connectivity index (χ0n) is 13.4. The lowest BCUT2D eigenvalue weighted by molar-refractivity contribution is -0.132. The van der Waals surface area contributed by atoms with Crippen LogP contribution in [0.15, 0.2) is 42.7 Å². The first kappa shape index (κ1) is 16.7. The molecule has 0 spiro atoms. The highest BCUT2D eigenvalue weighted by Crippen LogP contribution is 2.23. The van der Waals surface area contributed by atoms with Crippen LogP contribution in [-0.2, 0) is 17.8 Å². The lowest BCUT2D eigenvalue weighted by atomic mass is 10.1. The monoisotopic (exact) mass is 345 g/mol. The molecule has 1 aromatic heterocycles. The number of carbonyl (C=O) groups excluding carboxylic acids is 1. The van der Waals surface area contributed by atoms with E-state index in [9.17, 15) is 9.90 Å². The van der Waals surface area contributed by atoms with Gasteiger partial charge in [-0.05, 0) is 29.8 Å². The third-order valence-electron chi connectivity index (χ3n) is 4.24. The maximum absolute atomic E-state index is 12.4. The van der Waals surface area contributed by atoms with Gasteiger partial charge in [-0.15, -0.1) is 0 Å². The molecule has 1 aromatic carbocycles. The van der Waals surface area contributed by atoms with Gasteiger partial charge in [0.2, 0.25) is 5.91 Å². The summed E-state index contributed by atoms with van der Waals surface area (Å²) in [6, 6.07) is 8.85. The Morgan fingerprint density at radius 3 is 2.71 bits per heavy atom. The molecule has 1 aliphatic rings. The normalized spacial score (nSPS) is 15.5. The van der Waals surface area contributed by atoms with Gasteiger partial charge in [-0.2, -0.15) is 0 Å². The first-order valence-electron chi connectivity index (χ1n) is 7.98. The molecule has 3 rings (SSSR count). The Morgan fingerprint density at radius 2 is 2.00 bits per heavy atom. The molecule has 0 saturated carbocycles. The number of phenols is 1. The first-order valence-corrected chi connectivity index (χ1v) is 8.36. The number of aromatic hydroxyl groups is 1. The lowest BCUT2D eigenvalue weighted by Crippen LogP contribution is -2.48. The maximum atomic E-state index is 12.4. The largest absolute Gasteiger partial charge is 0.508 e. The van der Waals surface area contributed by atoms with Crippen molar-refractivity contribution in [3.05, 3.63) is 58.9 Å². The van der Waals surface area contributed by atoms with Gasteiger partial charge in [0.15, 0.2) is 0 Å². The number of benzene rings is 1. The molecule has 0 bridgehead atoms. The van der Waals surface area contributed by atoms with Crippen molar-refractivity contribution in [1.29, 1.82) is 0 Å². The molecule has 1 N–H and O–H groups in total. The lowest BCUT2D eigenvalue weighted by Gasteiger charge is -2.35. The number of carbonyl (C=O) groups is 1. The van der Waals surface area contributed by atoms with Gasteiger partial charge in [0.05, 0.1) is 6.42 Å². The molecule has 1 saturated heterocycles. The summed E-state index contributed by atoms with van der Waals surface area (Å²) in [6.07, 6.45) is 3.83. The van der Waals surface area contributed by atoms with Gasteiger partial charge in [0, 0.05) is 55.7 Å². The molecule has 2 heterocycles. The third kappa shape index (κ3) is 4.24. The summed E-state index contributed by atoms with van der Waals surface area (Å²) in [7, 11) is 0. The summed E-state index contributed by atoms with van der Waals surface area (Å²) in [4.78, 5) is 20.5. The molecule has 24 heavy (non-hydrogen) atoms. The van der Waals surface area contributed by atoms with Crippen molar-refractivity contribution in [3.63, 3.8) is 0 Å². The van der Waals surface area contributed by atoms with E-state index in [4.69, 9.17) is 11.6 Å². The molecule has 5 nitrogen and oxygen atoms in total. The molecule has 1 amide bonds. The minimum absolute atomic E-state index is 0.133. The summed E-state index contributed by atoms with van der Waals surface area (Å²) in [6.45, 7) is 3.59. The van der Waals surface area contributed by atoms with Crippen LogP contribution in [0.25, 0.3) is 0 Å². The van der Waals surface area contributed by atoms with E-state index in [-0.39, 0.29) is 11.7 Å². The van der Waals surface area contributed by atoms with E-state index in [1.54, 1.807) is 30.6 Å².